The van der Waals surface area contributed by atoms with Crippen molar-refractivity contribution in [3.63, 3.8) is 0 Å². The van der Waals surface area contributed by atoms with Crippen LogP contribution < -0.4 is 5.73 Å². The zero-order valence-corrected chi connectivity index (χ0v) is 14.7. The number of piperidine rings is 1. The van der Waals surface area contributed by atoms with Crippen molar-refractivity contribution in [2.24, 2.45) is 11.7 Å². The fourth-order valence-electron chi connectivity index (χ4n) is 2.77. The maximum Gasteiger partial charge on any atom is 0.411 e. The number of nitrogens with zero attached hydrogens (tertiary/aromatic N) is 2. The first-order chi connectivity index (χ1) is 10.7. The predicted octanol–water partition coefficient (Wildman–Crippen LogP) is 1.02. The van der Waals surface area contributed by atoms with Gasteiger partial charge in [-0.3, -0.25) is 14.5 Å². The highest BCUT2D eigenvalue weighted by Gasteiger charge is 2.40. The molecule has 0 aliphatic carbocycles. The van der Waals surface area contributed by atoms with Crippen LogP contribution in [0.15, 0.2) is 0 Å². The highest BCUT2D eigenvalue weighted by Crippen LogP contribution is 2.26. The Morgan fingerprint density at radius 3 is 2.57 bits per heavy atom. The number of amides is 3. The van der Waals surface area contributed by atoms with Crippen molar-refractivity contribution in [1.29, 1.82) is 0 Å². The number of nitrogens with two attached hydrogens (primary N) is 1. The molecule has 23 heavy (non-hydrogen) atoms. The highest BCUT2D eigenvalue weighted by atomic mass is 32.2. The Morgan fingerprint density at radius 2 is 1.96 bits per heavy atom. The lowest BCUT2D eigenvalue weighted by molar-refractivity contribution is -0.138. The molecule has 7 nitrogen and oxygen atoms in total. The summed E-state index contributed by atoms with van der Waals surface area (Å²) < 4.78 is 5.38. The Bertz CT molecular complexity index is 492. The summed E-state index contributed by atoms with van der Waals surface area (Å²) in [6.07, 6.45) is 1.00. The van der Waals surface area contributed by atoms with E-state index >= 15 is 0 Å². The Labute approximate surface area is 140 Å². The third-order valence-corrected chi connectivity index (χ3v) is 4.94. The summed E-state index contributed by atoms with van der Waals surface area (Å²) in [7, 11) is 0. The number of likely N-dealkylation sites (tertiary alicyclic amines) is 1. The van der Waals surface area contributed by atoms with E-state index < -0.39 is 17.7 Å². The van der Waals surface area contributed by atoms with Crippen molar-refractivity contribution in [2.45, 2.75) is 45.3 Å². The molecule has 2 heterocycles. The lowest BCUT2D eigenvalue weighted by atomic mass is 9.97. The molecule has 0 aromatic carbocycles. The minimum Gasteiger partial charge on any atom is -0.444 e. The van der Waals surface area contributed by atoms with Gasteiger partial charge < -0.3 is 15.4 Å². The Kier molecular flexibility index (Phi) is 5.44. The summed E-state index contributed by atoms with van der Waals surface area (Å²) in [5.41, 5.74) is 4.77. The van der Waals surface area contributed by atoms with Crippen LogP contribution in [0.25, 0.3) is 0 Å². The van der Waals surface area contributed by atoms with Gasteiger partial charge in [0.25, 0.3) is 0 Å². The molecule has 3 amide bonds. The number of rotatable bonds is 2. The molecule has 8 heteroatoms. The first-order valence-electron chi connectivity index (χ1n) is 7.84. The van der Waals surface area contributed by atoms with Crippen molar-refractivity contribution in [3.8, 4) is 0 Å². The monoisotopic (exact) mass is 343 g/mol. The summed E-state index contributed by atoms with van der Waals surface area (Å²) in [5, 5.41) is 0. The van der Waals surface area contributed by atoms with Crippen molar-refractivity contribution in [1.82, 2.24) is 9.80 Å². The molecule has 0 bridgehead atoms. The molecule has 2 atom stereocenters. The van der Waals surface area contributed by atoms with E-state index in [1.807, 2.05) is 0 Å². The molecule has 0 aromatic heterocycles. The molecule has 2 N–H and O–H groups in total. The van der Waals surface area contributed by atoms with Crippen molar-refractivity contribution in [2.75, 3.05) is 24.7 Å². The molecule has 0 aromatic rings. The third-order valence-electron chi connectivity index (χ3n) is 3.93. The van der Waals surface area contributed by atoms with Crippen LogP contribution in [0.3, 0.4) is 0 Å². The van der Waals surface area contributed by atoms with Gasteiger partial charge in [0.2, 0.25) is 11.8 Å². The van der Waals surface area contributed by atoms with Crippen molar-refractivity contribution in [3.05, 3.63) is 0 Å². The van der Waals surface area contributed by atoms with Crippen LogP contribution in [0.5, 0.6) is 0 Å². The fraction of sp³-hybridized carbons (Fsp3) is 0.800. The predicted molar refractivity (Wildman–Crippen MR) is 87.7 cm³/mol. The largest absolute Gasteiger partial charge is 0.444 e. The molecule has 1 unspecified atom stereocenters. The first kappa shape index (κ1) is 17.9. The molecular weight excluding hydrogens is 318 g/mol. The van der Waals surface area contributed by atoms with E-state index in [1.165, 1.54) is 16.7 Å². The lowest BCUT2D eigenvalue weighted by Gasteiger charge is -2.35. The van der Waals surface area contributed by atoms with Crippen LogP contribution in [0.2, 0.25) is 0 Å². The van der Waals surface area contributed by atoms with Gasteiger partial charge in [-0.2, -0.15) is 0 Å². The number of ether oxygens (including phenoxy) is 1. The van der Waals surface area contributed by atoms with Gasteiger partial charge in [0, 0.05) is 18.8 Å². The zero-order chi connectivity index (χ0) is 17.2. The van der Waals surface area contributed by atoms with Gasteiger partial charge in [-0.1, -0.05) is 0 Å². The van der Waals surface area contributed by atoms with Crippen LogP contribution in [-0.2, 0) is 14.3 Å². The average Bonchev–Trinajstić information content (AvgIpc) is 2.94. The maximum atomic E-state index is 12.8. The zero-order valence-electron chi connectivity index (χ0n) is 13.9. The summed E-state index contributed by atoms with van der Waals surface area (Å²) in [6.45, 7) is 6.34. The van der Waals surface area contributed by atoms with Crippen molar-refractivity contribution < 1.29 is 19.1 Å². The molecule has 2 rings (SSSR count). The van der Waals surface area contributed by atoms with Gasteiger partial charge in [0.15, 0.2) is 0 Å². The minimum absolute atomic E-state index is 0.119. The second kappa shape index (κ2) is 6.98. The Morgan fingerprint density at radius 1 is 1.26 bits per heavy atom. The number of primary amides is 1. The number of hydrogen-bond acceptors (Lipinski definition) is 5. The number of hydrogen-bond donors (Lipinski definition) is 1. The van der Waals surface area contributed by atoms with E-state index in [2.05, 4.69) is 0 Å². The fourth-order valence-corrected chi connectivity index (χ4v) is 3.90. The van der Waals surface area contributed by atoms with Crippen LogP contribution in [0.1, 0.15) is 33.6 Å². The molecule has 0 saturated carbocycles. The van der Waals surface area contributed by atoms with Crippen LogP contribution >= 0.6 is 11.8 Å². The third kappa shape index (κ3) is 4.53. The first-order valence-corrected chi connectivity index (χ1v) is 9.00. The molecule has 2 saturated heterocycles. The van der Waals surface area contributed by atoms with Crippen LogP contribution in [0, 0.1) is 5.92 Å². The Hall–Kier alpha value is -1.44. The van der Waals surface area contributed by atoms with Gasteiger partial charge >= 0.3 is 6.09 Å². The number of thioether (sulfide) groups is 1. The average molecular weight is 343 g/mol. The number of carbonyl (C=O) groups is 3. The van der Waals surface area contributed by atoms with E-state index in [-0.39, 0.29) is 17.7 Å². The van der Waals surface area contributed by atoms with E-state index in [9.17, 15) is 14.4 Å². The lowest BCUT2D eigenvalue weighted by Crippen LogP contribution is -2.53. The summed E-state index contributed by atoms with van der Waals surface area (Å²) in [5.74, 6) is 0.213. The van der Waals surface area contributed by atoms with Gasteiger partial charge in [-0.25, -0.2) is 4.79 Å². The highest BCUT2D eigenvalue weighted by molar-refractivity contribution is 7.99. The molecular formula is C15H25N3O4S. The van der Waals surface area contributed by atoms with E-state index in [1.54, 1.807) is 25.7 Å². The van der Waals surface area contributed by atoms with Gasteiger partial charge in [-0.15, -0.1) is 11.8 Å². The second-order valence-corrected chi connectivity index (χ2v) is 7.99. The topological polar surface area (TPSA) is 92.9 Å². The SMILES string of the molecule is CC(C)(C)OC(=O)N1CSC[C@@H]1C(=O)N1CCCC(C(N)=O)C1. The van der Waals surface area contributed by atoms with E-state index in [0.717, 1.165) is 6.42 Å². The maximum absolute atomic E-state index is 12.8. The number of carbonyl (C=O) groups excluding carboxylic acids is 3. The molecule has 2 aliphatic rings. The molecule has 130 valence electrons. The molecule has 2 aliphatic heterocycles. The van der Waals surface area contributed by atoms with E-state index in [4.69, 9.17) is 10.5 Å². The van der Waals surface area contributed by atoms with E-state index in [0.29, 0.717) is 31.1 Å². The summed E-state index contributed by atoms with van der Waals surface area (Å²) in [6, 6.07) is -0.526. The van der Waals surface area contributed by atoms with Gasteiger partial charge in [0.1, 0.15) is 11.6 Å². The van der Waals surface area contributed by atoms with Gasteiger partial charge in [0.05, 0.1) is 11.8 Å². The van der Waals surface area contributed by atoms with Crippen LogP contribution in [-0.4, -0.2) is 64.1 Å². The van der Waals surface area contributed by atoms with Crippen molar-refractivity contribution >= 4 is 29.7 Å². The van der Waals surface area contributed by atoms with Gasteiger partial charge in [-0.05, 0) is 33.6 Å². The normalized spacial score (nSPS) is 25.3. The Balaban J connectivity index is 2.02. The molecule has 0 spiro atoms. The summed E-state index contributed by atoms with van der Waals surface area (Å²) >= 11 is 1.53. The second-order valence-electron chi connectivity index (χ2n) is 6.99. The minimum atomic E-state index is -0.597. The van der Waals surface area contributed by atoms with Crippen LogP contribution in [0.4, 0.5) is 4.79 Å². The standard InChI is InChI=1S/C15H25N3O4S/c1-15(2,3)22-14(21)18-9-23-8-11(18)13(20)17-6-4-5-10(7-17)12(16)19/h10-11H,4-9H2,1-3H3,(H2,16,19)/t10?,11-/m1/s1. The molecule has 2 fully saturated rings. The smallest absolute Gasteiger partial charge is 0.411 e. The summed E-state index contributed by atoms with van der Waals surface area (Å²) in [4.78, 5) is 39.5. The quantitative estimate of drug-likeness (QED) is 0.808. The molecule has 0 radical (unpaired) electrons.